The van der Waals surface area contributed by atoms with Crippen molar-refractivity contribution in [2.45, 2.75) is 25.5 Å². The van der Waals surface area contributed by atoms with E-state index < -0.39 is 22.3 Å². The number of nitro benzene ring substituents is 1. The van der Waals surface area contributed by atoms with E-state index in [1.807, 2.05) is 30.3 Å². The molecular formula is C24H27N3O6. The standard InChI is InChI=1S/C24H27N3O6/c1-17(7-6-10-22(29)26(13-14-28)16-18-8-4-3-5-9-18)24(31)20-15-19(27(32)33)11-12-21(20)25(2)23(24)30/h3-9,11-12,15,17,28,31H,10,13-14,16H2,1-2H3/b7-6+/t17-,24+/m0/s1. The molecule has 2 N–H and O–H groups in total. The highest BCUT2D eigenvalue weighted by Gasteiger charge is 2.52. The smallest absolute Gasteiger partial charge is 0.269 e. The van der Waals surface area contributed by atoms with Crippen LogP contribution < -0.4 is 4.90 Å². The largest absolute Gasteiger partial charge is 0.395 e. The predicted octanol–water partition coefficient (Wildman–Crippen LogP) is 2.36. The van der Waals surface area contributed by atoms with E-state index in [-0.39, 0.29) is 36.7 Å². The van der Waals surface area contributed by atoms with E-state index in [4.69, 9.17) is 0 Å². The monoisotopic (exact) mass is 453 g/mol. The van der Waals surface area contributed by atoms with Crippen LogP contribution in [0.2, 0.25) is 0 Å². The maximum absolute atomic E-state index is 12.9. The van der Waals surface area contributed by atoms with Gasteiger partial charge in [0.2, 0.25) is 5.91 Å². The summed E-state index contributed by atoms with van der Waals surface area (Å²) in [5.41, 5.74) is -0.698. The lowest BCUT2D eigenvalue weighted by Crippen LogP contribution is -2.43. The summed E-state index contributed by atoms with van der Waals surface area (Å²) < 4.78 is 0. The summed E-state index contributed by atoms with van der Waals surface area (Å²) >= 11 is 0. The Morgan fingerprint density at radius 1 is 1.27 bits per heavy atom. The van der Waals surface area contributed by atoms with Gasteiger partial charge in [-0.25, -0.2) is 0 Å². The fourth-order valence-corrected chi connectivity index (χ4v) is 4.01. The zero-order valence-electron chi connectivity index (χ0n) is 18.5. The predicted molar refractivity (Wildman–Crippen MR) is 122 cm³/mol. The zero-order valence-corrected chi connectivity index (χ0v) is 18.5. The summed E-state index contributed by atoms with van der Waals surface area (Å²) in [6.07, 6.45) is 3.15. The highest BCUT2D eigenvalue weighted by atomic mass is 16.6. The molecular weight excluding hydrogens is 426 g/mol. The third-order valence-corrected chi connectivity index (χ3v) is 5.91. The van der Waals surface area contributed by atoms with Crippen LogP contribution in [0, 0.1) is 16.0 Å². The second kappa shape index (κ2) is 9.93. The lowest BCUT2D eigenvalue weighted by atomic mass is 9.82. The molecule has 2 aromatic carbocycles. The van der Waals surface area contributed by atoms with Crippen LogP contribution in [0.15, 0.2) is 60.7 Å². The molecule has 2 amide bonds. The van der Waals surface area contributed by atoms with Crippen molar-refractivity contribution < 1.29 is 24.7 Å². The van der Waals surface area contributed by atoms with E-state index in [0.717, 1.165) is 5.56 Å². The fourth-order valence-electron chi connectivity index (χ4n) is 4.01. The van der Waals surface area contributed by atoms with Crippen molar-refractivity contribution >= 4 is 23.2 Å². The van der Waals surface area contributed by atoms with Crippen LogP contribution in [-0.2, 0) is 21.7 Å². The van der Waals surface area contributed by atoms with E-state index in [1.54, 1.807) is 19.1 Å². The summed E-state index contributed by atoms with van der Waals surface area (Å²) in [7, 11) is 1.50. The van der Waals surface area contributed by atoms with Crippen molar-refractivity contribution in [3.8, 4) is 0 Å². The molecule has 0 radical (unpaired) electrons. The van der Waals surface area contributed by atoms with Crippen molar-refractivity contribution in [1.82, 2.24) is 4.90 Å². The number of rotatable bonds is 9. The summed E-state index contributed by atoms with van der Waals surface area (Å²) in [5.74, 6) is -1.55. The zero-order chi connectivity index (χ0) is 24.2. The normalized spacial score (nSPS) is 18.4. The molecule has 0 spiro atoms. The number of non-ortho nitro benzene ring substituents is 1. The molecule has 0 aliphatic carbocycles. The first-order chi connectivity index (χ1) is 15.7. The van der Waals surface area contributed by atoms with Crippen LogP contribution in [0.4, 0.5) is 11.4 Å². The Hall–Kier alpha value is -3.56. The molecule has 33 heavy (non-hydrogen) atoms. The lowest BCUT2D eigenvalue weighted by molar-refractivity contribution is -0.385. The lowest BCUT2D eigenvalue weighted by Gasteiger charge is -2.27. The van der Waals surface area contributed by atoms with Crippen LogP contribution in [0.1, 0.15) is 24.5 Å². The third-order valence-electron chi connectivity index (χ3n) is 5.91. The molecule has 3 rings (SSSR count). The van der Waals surface area contributed by atoms with Gasteiger partial charge in [-0.1, -0.05) is 49.4 Å². The number of carbonyl (C=O) groups is 2. The second-order valence-electron chi connectivity index (χ2n) is 8.03. The number of hydrogen-bond acceptors (Lipinski definition) is 6. The van der Waals surface area contributed by atoms with Gasteiger partial charge in [0.05, 0.1) is 17.2 Å². The molecule has 174 valence electrons. The van der Waals surface area contributed by atoms with Crippen LogP contribution in [0.5, 0.6) is 0 Å². The Morgan fingerprint density at radius 2 is 1.97 bits per heavy atom. The van der Waals surface area contributed by atoms with Crippen molar-refractivity contribution in [1.29, 1.82) is 0 Å². The van der Waals surface area contributed by atoms with Gasteiger partial charge in [0, 0.05) is 50.2 Å². The first-order valence-electron chi connectivity index (χ1n) is 10.6. The molecule has 2 aromatic rings. The molecule has 0 saturated carbocycles. The Kier molecular flexibility index (Phi) is 7.25. The Balaban J connectivity index is 1.76. The van der Waals surface area contributed by atoms with Crippen LogP contribution >= 0.6 is 0 Å². The van der Waals surface area contributed by atoms with Gasteiger partial charge >= 0.3 is 0 Å². The number of nitro groups is 1. The van der Waals surface area contributed by atoms with Crippen molar-refractivity contribution in [3.05, 3.63) is 81.9 Å². The number of aliphatic hydroxyl groups excluding tert-OH is 1. The van der Waals surface area contributed by atoms with Gasteiger partial charge in [0.15, 0.2) is 5.60 Å². The van der Waals surface area contributed by atoms with Crippen molar-refractivity contribution in [2.75, 3.05) is 25.1 Å². The van der Waals surface area contributed by atoms with Crippen LogP contribution in [-0.4, -0.2) is 52.0 Å². The van der Waals surface area contributed by atoms with Crippen LogP contribution in [0.25, 0.3) is 0 Å². The van der Waals surface area contributed by atoms with Gasteiger partial charge in [0.1, 0.15) is 0 Å². The number of benzene rings is 2. The summed E-state index contributed by atoms with van der Waals surface area (Å²) in [6.45, 7) is 1.99. The summed E-state index contributed by atoms with van der Waals surface area (Å²) in [4.78, 5) is 39.0. The maximum atomic E-state index is 12.9. The maximum Gasteiger partial charge on any atom is 0.269 e. The first-order valence-corrected chi connectivity index (χ1v) is 10.6. The second-order valence-corrected chi connectivity index (χ2v) is 8.03. The van der Waals surface area contributed by atoms with E-state index >= 15 is 0 Å². The molecule has 0 aromatic heterocycles. The topological polar surface area (TPSA) is 124 Å². The Labute approximate surface area is 191 Å². The quantitative estimate of drug-likeness (QED) is 0.341. The highest BCUT2D eigenvalue weighted by molar-refractivity contribution is 6.07. The van der Waals surface area contributed by atoms with Crippen molar-refractivity contribution in [3.63, 3.8) is 0 Å². The van der Waals surface area contributed by atoms with Crippen LogP contribution in [0.3, 0.4) is 0 Å². The van der Waals surface area contributed by atoms with Crippen molar-refractivity contribution in [2.24, 2.45) is 5.92 Å². The molecule has 0 unspecified atom stereocenters. The number of fused-ring (bicyclic) bond motifs is 1. The molecule has 2 atom stereocenters. The van der Waals surface area contributed by atoms with E-state index in [2.05, 4.69) is 0 Å². The van der Waals surface area contributed by atoms with Gasteiger partial charge in [-0.3, -0.25) is 19.7 Å². The molecule has 0 saturated heterocycles. The number of aliphatic hydroxyl groups is 2. The van der Waals surface area contributed by atoms with Gasteiger partial charge in [-0.05, 0) is 11.6 Å². The van der Waals surface area contributed by atoms with Gasteiger partial charge in [-0.2, -0.15) is 0 Å². The molecule has 0 bridgehead atoms. The number of amides is 2. The number of likely N-dealkylation sites (N-methyl/N-ethyl adjacent to an activating group) is 1. The first kappa shape index (κ1) is 24.1. The summed E-state index contributed by atoms with van der Waals surface area (Å²) in [6, 6.07) is 13.4. The summed E-state index contributed by atoms with van der Waals surface area (Å²) in [5, 5.41) is 31.8. The number of carbonyl (C=O) groups excluding carboxylic acids is 2. The minimum Gasteiger partial charge on any atom is -0.395 e. The van der Waals surface area contributed by atoms with E-state index in [0.29, 0.717) is 12.2 Å². The minimum absolute atomic E-state index is 0.0130. The Bertz CT molecular complexity index is 1070. The number of anilines is 1. The molecule has 0 fully saturated rings. The number of nitrogens with zero attached hydrogens (tertiary/aromatic N) is 3. The van der Waals surface area contributed by atoms with Gasteiger partial charge < -0.3 is 20.0 Å². The molecule has 1 aliphatic heterocycles. The number of hydrogen-bond donors (Lipinski definition) is 2. The third kappa shape index (κ3) is 4.79. The fraction of sp³-hybridized carbons (Fsp3) is 0.333. The van der Waals surface area contributed by atoms with E-state index in [1.165, 1.54) is 35.0 Å². The highest BCUT2D eigenvalue weighted by Crippen LogP contribution is 2.45. The average Bonchev–Trinajstić information content (AvgIpc) is 3.00. The van der Waals surface area contributed by atoms with Gasteiger partial charge in [0.25, 0.3) is 11.6 Å². The average molecular weight is 453 g/mol. The molecule has 9 nitrogen and oxygen atoms in total. The molecule has 1 aliphatic rings. The molecule has 1 heterocycles. The molecule has 9 heteroatoms. The van der Waals surface area contributed by atoms with Gasteiger partial charge in [-0.15, -0.1) is 0 Å². The van der Waals surface area contributed by atoms with E-state index in [9.17, 15) is 29.9 Å². The Morgan fingerprint density at radius 3 is 2.61 bits per heavy atom. The minimum atomic E-state index is -1.98. The SMILES string of the molecule is C[C@@H](/C=C/CC(=O)N(CCO)Cc1ccccc1)[C@]1(O)C(=O)N(C)c2ccc([N+](=O)[O-])cc21.